The molecule has 1 unspecified atom stereocenters. The lowest BCUT2D eigenvalue weighted by atomic mass is 9.96. The molecule has 3 aromatic carbocycles. The predicted octanol–water partition coefficient (Wildman–Crippen LogP) is 5.94. The fraction of sp³-hybridized carbons (Fsp3) is 0.0952. The van der Waals surface area contributed by atoms with Crippen LogP contribution in [0.25, 0.3) is 0 Å². The third-order valence-electron chi connectivity index (χ3n) is 4.00. The normalized spacial score (nSPS) is 11.9. The smallest absolute Gasteiger partial charge is 0.123 e. The van der Waals surface area contributed by atoms with Crippen molar-refractivity contribution in [3.05, 3.63) is 106 Å². The van der Waals surface area contributed by atoms with E-state index in [0.29, 0.717) is 15.6 Å². The minimum atomic E-state index is -0.560. The summed E-state index contributed by atoms with van der Waals surface area (Å²) in [5, 5.41) is 14.2. The third kappa shape index (κ3) is 4.21. The number of halogens is 2. The Labute approximate surface area is 157 Å². The Morgan fingerprint density at radius 2 is 1.36 bits per heavy atom. The maximum atomic E-state index is 9.71. The highest BCUT2D eigenvalue weighted by Crippen LogP contribution is 2.30. The van der Waals surface area contributed by atoms with E-state index in [1.54, 1.807) is 18.2 Å². The van der Waals surface area contributed by atoms with Gasteiger partial charge < -0.3 is 0 Å². The second-order valence-corrected chi connectivity index (χ2v) is 6.49. The number of nitriles is 1. The summed E-state index contributed by atoms with van der Waals surface area (Å²) in [7, 11) is 0. The molecule has 0 spiro atoms. The molecule has 0 amide bonds. The van der Waals surface area contributed by atoms with E-state index in [-0.39, 0.29) is 6.04 Å². The standard InChI is InChI=1S/C21H16Cl2N2/c22-17-11-12-18(19(23)13-17)20(14-24)25-21(15-7-3-1-4-8-15)16-9-5-2-6-10-16/h1-13,20-21,25H. The molecule has 3 rings (SSSR count). The fourth-order valence-corrected chi connectivity index (χ4v) is 3.29. The molecule has 0 bridgehead atoms. The molecule has 0 aromatic heterocycles. The summed E-state index contributed by atoms with van der Waals surface area (Å²) >= 11 is 12.3. The Bertz CT molecular complexity index is 834. The second kappa shape index (κ2) is 8.18. The molecule has 1 atom stereocenters. The van der Waals surface area contributed by atoms with Gasteiger partial charge in [0.2, 0.25) is 0 Å². The fourth-order valence-electron chi connectivity index (χ4n) is 2.77. The Hall–Kier alpha value is -2.31. The van der Waals surface area contributed by atoms with Crippen LogP contribution in [-0.2, 0) is 0 Å². The lowest BCUT2D eigenvalue weighted by Gasteiger charge is -2.24. The van der Waals surface area contributed by atoms with Crippen LogP contribution in [0.3, 0.4) is 0 Å². The van der Waals surface area contributed by atoms with Gasteiger partial charge in [-0.15, -0.1) is 0 Å². The highest BCUT2D eigenvalue weighted by molar-refractivity contribution is 6.35. The van der Waals surface area contributed by atoms with Gasteiger partial charge in [0.25, 0.3) is 0 Å². The van der Waals surface area contributed by atoms with E-state index in [2.05, 4.69) is 11.4 Å². The van der Waals surface area contributed by atoms with Crippen LogP contribution in [0.4, 0.5) is 0 Å². The lowest BCUT2D eigenvalue weighted by molar-refractivity contribution is 0.559. The highest BCUT2D eigenvalue weighted by Gasteiger charge is 2.21. The van der Waals surface area contributed by atoms with E-state index in [1.165, 1.54) is 0 Å². The number of nitrogens with one attached hydrogen (secondary N) is 1. The van der Waals surface area contributed by atoms with Gasteiger partial charge in [-0.25, -0.2) is 0 Å². The number of hydrogen-bond acceptors (Lipinski definition) is 2. The van der Waals surface area contributed by atoms with Crippen molar-refractivity contribution < 1.29 is 0 Å². The van der Waals surface area contributed by atoms with Crippen molar-refractivity contribution in [3.63, 3.8) is 0 Å². The van der Waals surface area contributed by atoms with Gasteiger partial charge in [0, 0.05) is 15.6 Å². The zero-order valence-corrected chi connectivity index (χ0v) is 14.9. The molecule has 124 valence electrons. The number of hydrogen-bond donors (Lipinski definition) is 1. The van der Waals surface area contributed by atoms with Gasteiger partial charge >= 0.3 is 0 Å². The first-order valence-electron chi connectivity index (χ1n) is 7.89. The molecule has 0 radical (unpaired) electrons. The van der Waals surface area contributed by atoms with Crippen molar-refractivity contribution in [2.45, 2.75) is 12.1 Å². The maximum absolute atomic E-state index is 9.71. The Morgan fingerprint density at radius 3 is 1.84 bits per heavy atom. The van der Waals surface area contributed by atoms with E-state index < -0.39 is 6.04 Å². The summed E-state index contributed by atoms with van der Waals surface area (Å²) in [4.78, 5) is 0. The maximum Gasteiger partial charge on any atom is 0.123 e. The van der Waals surface area contributed by atoms with Crippen LogP contribution in [0.15, 0.2) is 78.9 Å². The Morgan fingerprint density at radius 1 is 0.800 bits per heavy atom. The zero-order valence-electron chi connectivity index (χ0n) is 13.4. The average molecular weight is 367 g/mol. The average Bonchev–Trinajstić information content (AvgIpc) is 2.65. The first-order valence-corrected chi connectivity index (χ1v) is 8.65. The molecular formula is C21H16Cl2N2. The van der Waals surface area contributed by atoms with Gasteiger partial charge in [-0.2, -0.15) is 5.26 Å². The van der Waals surface area contributed by atoms with E-state index in [1.807, 2.05) is 60.7 Å². The third-order valence-corrected chi connectivity index (χ3v) is 4.56. The van der Waals surface area contributed by atoms with Crippen molar-refractivity contribution >= 4 is 23.2 Å². The quantitative estimate of drug-likeness (QED) is 0.606. The van der Waals surface area contributed by atoms with Crippen molar-refractivity contribution in [3.8, 4) is 6.07 Å². The van der Waals surface area contributed by atoms with Crippen LogP contribution in [0, 0.1) is 11.3 Å². The lowest BCUT2D eigenvalue weighted by Crippen LogP contribution is -2.26. The number of nitrogens with zero attached hydrogens (tertiary/aromatic N) is 1. The van der Waals surface area contributed by atoms with E-state index in [4.69, 9.17) is 23.2 Å². The molecule has 0 saturated heterocycles. The summed E-state index contributed by atoms with van der Waals surface area (Å²) in [5.41, 5.74) is 2.88. The Kier molecular flexibility index (Phi) is 5.73. The molecule has 4 heteroatoms. The minimum absolute atomic E-state index is 0.126. The molecule has 0 aliphatic carbocycles. The largest absolute Gasteiger partial charge is 0.287 e. The van der Waals surface area contributed by atoms with Crippen LogP contribution < -0.4 is 5.32 Å². The topological polar surface area (TPSA) is 35.8 Å². The molecular weight excluding hydrogens is 351 g/mol. The molecule has 1 N–H and O–H groups in total. The molecule has 3 aromatic rings. The summed E-state index contributed by atoms with van der Waals surface area (Å²) in [6.07, 6.45) is 0. The van der Waals surface area contributed by atoms with E-state index >= 15 is 0 Å². The molecule has 0 saturated carbocycles. The van der Waals surface area contributed by atoms with Gasteiger partial charge in [0.1, 0.15) is 6.04 Å². The van der Waals surface area contributed by atoms with Crippen molar-refractivity contribution in [2.75, 3.05) is 0 Å². The van der Waals surface area contributed by atoms with Crippen molar-refractivity contribution in [2.24, 2.45) is 0 Å². The summed E-state index contributed by atoms with van der Waals surface area (Å²) in [5.74, 6) is 0. The van der Waals surface area contributed by atoms with Crippen LogP contribution in [-0.4, -0.2) is 0 Å². The molecule has 0 fully saturated rings. The number of rotatable bonds is 5. The van der Waals surface area contributed by atoms with Crippen molar-refractivity contribution in [1.82, 2.24) is 5.32 Å². The van der Waals surface area contributed by atoms with Crippen LogP contribution in [0.1, 0.15) is 28.8 Å². The minimum Gasteiger partial charge on any atom is -0.287 e. The molecule has 25 heavy (non-hydrogen) atoms. The molecule has 0 heterocycles. The van der Waals surface area contributed by atoms with Gasteiger partial charge in [0.05, 0.1) is 12.1 Å². The predicted molar refractivity (Wildman–Crippen MR) is 103 cm³/mol. The van der Waals surface area contributed by atoms with Gasteiger partial charge in [-0.05, 0) is 23.3 Å². The summed E-state index contributed by atoms with van der Waals surface area (Å²) in [6.45, 7) is 0. The monoisotopic (exact) mass is 366 g/mol. The zero-order chi connectivity index (χ0) is 17.6. The van der Waals surface area contributed by atoms with E-state index in [9.17, 15) is 5.26 Å². The molecule has 0 aliphatic rings. The second-order valence-electron chi connectivity index (χ2n) is 5.65. The number of benzene rings is 3. The highest BCUT2D eigenvalue weighted by atomic mass is 35.5. The molecule has 0 aliphatic heterocycles. The first-order chi connectivity index (χ1) is 12.2. The first kappa shape index (κ1) is 17.5. The SMILES string of the molecule is N#CC(NC(c1ccccc1)c1ccccc1)c1ccc(Cl)cc1Cl. The van der Waals surface area contributed by atoms with Gasteiger partial charge in [-0.3, -0.25) is 5.32 Å². The van der Waals surface area contributed by atoms with Gasteiger partial charge in [0.15, 0.2) is 0 Å². The van der Waals surface area contributed by atoms with Crippen LogP contribution in [0.2, 0.25) is 10.0 Å². The van der Waals surface area contributed by atoms with Crippen LogP contribution in [0.5, 0.6) is 0 Å². The summed E-state index contributed by atoms with van der Waals surface area (Å²) < 4.78 is 0. The summed E-state index contributed by atoms with van der Waals surface area (Å²) in [6, 6.07) is 26.9. The molecule has 2 nitrogen and oxygen atoms in total. The van der Waals surface area contributed by atoms with Crippen molar-refractivity contribution in [1.29, 1.82) is 5.26 Å². The Balaban J connectivity index is 1.98. The van der Waals surface area contributed by atoms with E-state index in [0.717, 1.165) is 11.1 Å². The van der Waals surface area contributed by atoms with Crippen LogP contribution >= 0.6 is 23.2 Å². The van der Waals surface area contributed by atoms with Gasteiger partial charge in [-0.1, -0.05) is 89.9 Å².